The Balaban J connectivity index is 2.46. The van der Waals surface area contributed by atoms with Crippen molar-refractivity contribution in [3.8, 4) is 0 Å². The van der Waals surface area contributed by atoms with E-state index in [2.05, 4.69) is 12.2 Å². The van der Waals surface area contributed by atoms with Gasteiger partial charge in [0.15, 0.2) is 0 Å². The predicted molar refractivity (Wildman–Crippen MR) is 61.5 cm³/mol. The zero-order chi connectivity index (χ0) is 11.3. The largest absolute Gasteiger partial charge is 0.353 e. The first-order chi connectivity index (χ1) is 7.01. The van der Waals surface area contributed by atoms with Crippen LogP contribution in [0.15, 0.2) is 18.5 Å². The predicted octanol–water partition coefficient (Wildman–Crippen LogP) is 0.642. The minimum Gasteiger partial charge on any atom is -0.353 e. The molecular weight excluding hydrogens is 212 g/mol. The highest BCUT2D eigenvalue weighted by Gasteiger charge is 2.02. The fourth-order valence-corrected chi connectivity index (χ4v) is 1.82. The third-order valence-corrected chi connectivity index (χ3v) is 3.04. The second-order valence-electron chi connectivity index (χ2n) is 3.67. The summed E-state index contributed by atoms with van der Waals surface area (Å²) in [6.45, 7) is 4.36. The lowest BCUT2D eigenvalue weighted by Gasteiger charge is -2.01. The molecule has 5 heteroatoms. The fraction of sp³-hybridized carbons (Fsp3) is 0.600. The van der Waals surface area contributed by atoms with Crippen LogP contribution in [0.5, 0.6) is 0 Å². The van der Waals surface area contributed by atoms with Gasteiger partial charge < -0.3 is 9.88 Å². The molecule has 0 saturated heterocycles. The molecule has 0 spiro atoms. The number of sulfone groups is 1. The van der Waals surface area contributed by atoms with Crippen LogP contribution in [0.4, 0.5) is 0 Å². The lowest BCUT2D eigenvalue weighted by atomic mass is 10.3. The Labute approximate surface area is 91.2 Å². The molecule has 0 saturated carbocycles. The minimum absolute atomic E-state index is 0.197. The number of aromatic nitrogens is 1. The summed E-state index contributed by atoms with van der Waals surface area (Å²) in [4.78, 5) is 0. The Kier molecular flexibility index (Phi) is 4.35. The van der Waals surface area contributed by atoms with Crippen LogP contribution in [0.25, 0.3) is 0 Å². The monoisotopic (exact) mass is 230 g/mol. The van der Waals surface area contributed by atoms with Gasteiger partial charge in [-0.2, -0.15) is 0 Å². The van der Waals surface area contributed by atoms with Crippen molar-refractivity contribution in [2.75, 3.05) is 18.6 Å². The average Bonchev–Trinajstić information content (AvgIpc) is 2.58. The van der Waals surface area contributed by atoms with E-state index in [0.717, 1.165) is 13.1 Å². The highest BCUT2D eigenvalue weighted by molar-refractivity contribution is 7.90. The maximum absolute atomic E-state index is 11.0. The normalized spacial score (nSPS) is 11.9. The van der Waals surface area contributed by atoms with Gasteiger partial charge in [-0.1, -0.05) is 6.92 Å². The SMILES string of the molecule is CCNCc1ccn(CCS(C)(=O)=O)c1. The number of hydrogen-bond acceptors (Lipinski definition) is 3. The summed E-state index contributed by atoms with van der Waals surface area (Å²) in [5.41, 5.74) is 1.19. The Hall–Kier alpha value is -0.810. The Bertz CT molecular complexity index is 395. The molecule has 0 bridgehead atoms. The topological polar surface area (TPSA) is 51.1 Å². The van der Waals surface area contributed by atoms with Crippen molar-refractivity contribution >= 4 is 9.84 Å². The molecule has 1 heterocycles. The number of rotatable bonds is 6. The Morgan fingerprint density at radius 2 is 2.20 bits per heavy atom. The summed E-state index contributed by atoms with van der Waals surface area (Å²) >= 11 is 0. The molecule has 0 aromatic carbocycles. The van der Waals surface area contributed by atoms with Gasteiger partial charge in [0.05, 0.1) is 5.75 Å². The molecule has 0 aliphatic heterocycles. The molecule has 1 aromatic heterocycles. The molecular formula is C10H18N2O2S. The van der Waals surface area contributed by atoms with E-state index in [1.807, 2.05) is 23.0 Å². The van der Waals surface area contributed by atoms with Gasteiger partial charge in [0.2, 0.25) is 0 Å². The number of aryl methyl sites for hydroxylation is 1. The van der Waals surface area contributed by atoms with E-state index >= 15 is 0 Å². The number of nitrogens with zero attached hydrogens (tertiary/aromatic N) is 1. The lowest BCUT2D eigenvalue weighted by Crippen LogP contribution is -2.12. The van der Waals surface area contributed by atoms with Gasteiger partial charge in [-0.05, 0) is 18.2 Å². The molecule has 0 atom stereocenters. The lowest BCUT2D eigenvalue weighted by molar-refractivity contribution is 0.594. The molecule has 4 nitrogen and oxygen atoms in total. The Morgan fingerprint density at radius 1 is 1.47 bits per heavy atom. The van der Waals surface area contributed by atoms with Crippen LogP contribution >= 0.6 is 0 Å². The molecule has 0 amide bonds. The zero-order valence-corrected chi connectivity index (χ0v) is 10.0. The molecule has 0 aliphatic carbocycles. The molecule has 1 rings (SSSR count). The van der Waals surface area contributed by atoms with Gasteiger partial charge in [-0.25, -0.2) is 8.42 Å². The zero-order valence-electron chi connectivity index (χ0n) is 9.23. The van der Waals surface area contributed by atoms with Crippen molar-refractivity contribution in [1.29, 1.82) is 0 Å². The van der Waals surface area contributed by atoms with Crippen molar-refractivity contribution in [3.63, 3.8) is 0 Å². The van der Waals surface area contributed by atoms with Crippen LogP contribution in [0.1, 0.15) is 12.5 Å². The van der Waals surface area contributed by atoms with Crippen LogP contribution < -0.4 is 5.32 Å². The maximum atomic E-state index is 11.0. The van der Waals surface area contributed by atoms with Crippen LogP contribution in [-0.4, -0.2) is 31.5 Å². The summed E-state index contributed by atoms with van der Waals surface area (Å²) in [7, 11) is -2.87. The van der Waals surface area contributed by atoms with Crippen molar-refractivity contribution in [2.45, 2.75) is 20.0 Å². The molecule has 0 radical (unpaired) electrons. The van der Waals surface area contributed by atoms with Crippen LogP contribution in [0, 0.1) is 0 Å². The number of hydrogen-bond donors (Lipinski definition) is 1. The molecule has 0 aliphatic rings. The second kappa shape index (κ2) is 5.32. The smallest absolute Gasteiger partial charge is 0.149 e. The van der Waals surface area contributed by atoms with Crippen LogP contribution in [0.2, 0.25) is 0 Å². The first-order valence-electron chi connectivity index (χ1n) is 5.04. The first kappa shape index (κ1) is 12.3. The summed E-state index contributed by atoms with van der Waals surface area (Å²) in [5, 5.41) is 3.22. The molecule has 86 valence electrons. The van der Waals surface area contributed by atoms with Crippen molar-refractivity contribution in [2.24, 2.45) is 0 Å². The minimum atomic E-state index is -2.87. The van der Waals surface area contributed by atoms with Crippen molar-refractivity contribution < 1.29 is 8.42 Å². The van der Waals surface area contributed by atoms with E-state index in [-0.39, 0.29) is 5.75 Å². The average molecular weight is 230 g/mol. The number of nitrogens with one attached hydrogen (secondary N) is 1. The van der Waals surface area contributed by atoms with Gasteiger partial charge in [0, 0.05) is 31.7 Å². The first-order valence-corrected chi connectivity index (χ1v) is 7.10. The molecule has 0 fully saturated rings. The molecule has 1 N–H and O–H groups in total. The van der Waals surface area contributed by atoms with E-state index in [0.29, 0.717) is 6.54 Å². The van der Waals surface area contributed by atoms with Crippen molar-refractivity contribution in [1.82, 2.24) is 9.88 Å². The van der Waals surface area contributed by atoms with Crippen LogP contribution in [0.3, 0.4) is 0 Å². The maximum Gasteiger partial charge on any atom is 0.149 e. The van der Waals surface area contributed by atoms with Gasteiger partial charge in [-0.15, -0.1) is 0 Å². The highest BCUT2D eigenvalue weighted by atomic mass is 32.2. The molecule has 15 heavy (non-hydrogen) atoms. The van der Waals surface area contributed by atoms with E-state index < -0.39 is 9.84 Å². The van der Waals surface area contributed by atoms with Gasteiger partial charge in [0.25, 0.3) is 0 Å². The summed E-state index contributed by atoms with van der Waals surface area (Å²) in [5.74, 6) is 0.197. The summed E-state index contributed by atoms with van der Waals surface area (Å²) in [6, 6.07) is 2.00. The van der Waals surface area contributed by atoms with Crippen LogP contribution in [-0.2, 0) is 22.9 Å². The van der Waals surface area contributed by atoms with E-state index in [4.69, 9.17) is 0 Å². The highest BCUT2D eigenvalue weighted by Crippen LogP contribution is 2.01. The van der Waals surface area contributed by atoms with Gasteiger partial charge >= 0.3 is 0 Å². The fourth-order valence-electron chi connectivity index (χ4n) is 1.27. The molecule has 0 unspecified atom stereocenters. The van der Waals surface area contributed by atoms with Crippen molar-refractivity contribution in [3.05, 3.63) is 24.0 Å². The summed E-state index contributed by atoms with van der Waals surface area (Å²) in [6.07, 6.45) is 5.15. The third-order valence-electron chi connectivity index (χ3n) is 2.11. The van der Waals surface area contributed by atoms with E-state index in [1.54, 1.807) is 0 Å². The second-order valence-corrected chi connectivity index (χ2v) is 5.93. The quantitative estimate of drug-likeness (QED) is 0.780. The van der Waals surface area contributed by atoms with E-state index in [9.17, 15) is 8.42 Å². The standard InChI is InChI=1S/C10H18N2O2S/c1-3-11-8-10-4-5-12(9-10)6-7-15(2,13)14/h4-5,9,11H,3,6-8H2,1-2H3. The van der Waals surface area contributed by atoms with E-state index in [1.165, 1.54) is 11.8 Å². The third kappa shape index (κ3) is 4.99. The van der Waals surface area contributed by atoms with Gasteiger partial charge in [0.1, 0.15) is 9.84 Å². The summed E-state index contributed by atoms with van der Waals surface area (Å²) < 4.78 is 23.8. The van der Waals surface area contributed by atoms with Gasteiger partial charge in [-0.3, -0.25) is 0 Å². The molecule has 1 aromatic rings. The Morgan fingerprint density at radius 3 is 2.80 bits per heavy atom.